The van der Waals surface area contributed by atoms with Crippen LogP contribution in [0.1, 0.15) is 22.0 Å². The lowest BCUT2D eigenvalue weighted by Crippen LogP contribution is -2.34. The number of pyridine rings is 1. The molecule has 0 fully saturated rings. The average molecular weight is 378 g/mol. The van der Waals surface area contributed by atoms with Crippen molar-refractivity contribution in [3.05, 3.63) is 90.1 Å². The minimum atomic E-state index is -0.107. The van der Waals surface area contributed by atoms with Gasteiger partial charge < -0.3 is 10.2 Å². The number of carbonyl (C=O) groups is 1. The van der Waals surface area contributed by atoms with Gasteiger partial charge in [-0.05, 0) is 43.9 Å². The van der Waals surface area contributed by atoms with Crippen molar-refractivity contribution < 1.29 is 4.79 Å². The third-order valence-electron chi connectivity index (χ3n) is 4.24. The van der Waals surface area contributed by atoms with Crippen LogP contribution in [0.2, 0.25) is 0 Å². The second kappa shape index (κ2) is 9.35. The molecular weight excluding hydrogens is 354 g/mol. The van der Waals surface area contributed by atoms with Gasteiger partial charge >= 0.3 is 0 Å². The van der Waals surface area contributed by atoms with Crippen LogP contribution in [0, 0.1) is 0 Å². The Bertz CT molecular complexity index is 869. The highest BCUT2D eigenvalue weighted by atomic mass is 32.2. The van der Waals surface area contributed by atoms with Crippen LogP contribution in [-0.4, -0.2) is 36.4 Å². The Hall–Kier alpha value is -2.63. The third kappa shape index (κ3) is 5.18. The summed E-state index contributed by atoms with van der Waals surface area (Å²) in [5, 5.41) is 3.78. The van der Waals surface area contributed by atoms with Crippen LogP contribution in [0.15, 0.2) is 88.9 Å². The molecule has 1 heterocycles. The first-order chi connectivity index (χ1) is 13.1. The molecule has 2 aromatic carbocycles. The molecule has 0 aliphatic rings. The first kappa shape index (κ1) is 19.1. The Balaban J connectivity index is 1.72. The number of nitrogens with zero attached hydrogens (tertiary/aromatic N) is 2. The van der Waals surface area contributed by atoms with Crippen LogP contribution in [-0.2, 0) is 0 Å². The van der Waals surface area contributed by atoms with E-state index >= 15 is 0 Å². The van der Waals surface area contributed by atoms with Crippen molar-refractivity contribution in [1.29, 1.82) is 0 Å². The fourth-order valence-electron chi connectivity index (χ4n) is 2.80. The summed E-state index contributed by atoms with van der Waals surface area (Å²) in [5.41, 5.74) is 1.77. The molecule has 5 heteroatoms. The molecule has 27 heavy (non-hydrogen) atoms. The Morgan fingerprint density at radius 2 is 1.67 bits per heavy atom. The van der Waals surface area contributed by atoms with Gasteiger partial charge in [0.25, 0.3) is 5.91 Å². The smallest absolute Gasteiger partial charge is 0.254 e. The summed E-state index contributed by atoms with van der Waals surface area (Å²) in [6, 6.07) is 23.9. The van der Waals surface area contributed by atoms with Gasteiger partial charge in [-0.1, -0.05) is 60.3 Å². The number of hydrogen-bond donors (Lipinski definition) is 1. The van der Waals surface area contributed by atoms with Crippen LogP contribution in [0.3, 0.4) is 0 Å². The first-order valence-electron chi connectivity index (χ1n) is 8.82. The van der Waals surface area contributed by atoms with E-state index in [0.29, 0.717) is 17.1 Å². The molecule has 1 unspecified atom stereocenters. The summed E-state index contributed by atoms with van der Waals surface area (Å²) in [7, 11) is 4.04. The Morgan fingerprint density at radius 3 is 2.33 bits per heavy atom. The number of likely N-dealkylation sites (N-methyl/N-ethyl adjacent to an activating group) is 1. The highest BCUT2D eigenvalue weighted by Crippen LogP contribution is 2.28. The fourth-order valence-corrected chi connectivity index (χ4v) is 3.70. The zero-order valence-electron chi connectivity index (χ0n) is 15.5. The molecule has 1 aromatic heterocycles. The lowest BCUT2D eigenvalue weighted by Gasteiger charge is -2.25. The topological polar surface area (TPSA) is 45.2 Å². The maximum atomic E-state index is 12.8. The molecule has 4 nitrogen and oxygen atoms in total. The number of amides is 1. The lowest BCUT2D eigenvalue weighted by molar-refractivity contribution is 0.0938. The largest absolute Gasteiger partial charge is 0.350 e. The van der Waals surface area contributed by atoms with Gasteiger partial charge in [-0.15, -0.1) is 0 Å². The van der Waals surface area contributed by atoms with E-state index < -0.39 is 0 Å². The molecular formula is C22H23N3OS. The van der Waals surface area contributed by atoms with Gasteiger partial charge in [-0.25, -0.2) is 4.98 Å². The maximum Gasteiger partial charge on any atom is 0.254 e. The predicted molar refractivity (Wildman–Crippen MR) is 110 cm³/mol. The number of hydrogen-bond acceptors (Lipinski definition) is 4. The molecule has 0 aliphatic carbocycles. The van der Waals surface area contributed by atoms with E-state index in [0.717, 1.165) is 4.90 Å². The van der Waals surface area contributed by atoms with Crippen LogP contribution < -0.4 is 5.32 Å². The minimum Gasteiger partial charge on any atom is -0.350 e. The Kier molecular flexibility index (Phi) is 6.63. The van der Waals surface area contributed by atoms with Gasteiger partial charge in [0.2, 0.25) is 0 Å². The molecule has 0 saturated heterocycles. The molecule has 1 amide bonds. The quantitative estimate of drug-likeness (QED) is 0.668. The summed E-state index contributed by atoms with van der Waals surface area (Å²) < 4.78 is 0. The summed E-state index contributed by atoms with van der Waals surface area (Å²) in [6.45, 7) is 0.528. The van der Waals surface area contributed by atoms with Gasteiger partial charge in [0.1, 0.15) is 5.03 Å². The van der Waals surface area contributed by atoms with Crippen molar-refractivity contribution in [2.24, 2.45) is 0 Å². The second-order valence-electron chi connectivity index (χ2n) is 6.37. The zero-order chi connectivity index (χ0) is 19.1. The highest BCUT2D eigenvalue weighted by Gasteiger charge is 2.18. The normalized spacial score (nSPS) is 12.0. The number of carbonyl (C=O) groups excluding carboxylic acids is 1. The van der Waals surface area contributed by atoms with Gasteiger partial charge in [0.05, 0.1) is 11.6 Å². The summed E-state index contributed by atoms with van der Waals surface area (Å²) in [4.78, 5) is 20.4. The molecule has 0 aliphatic heterocycles. The molecule has 0 bridgehead atoms. The molecule has 1 atom stereocenters. The maximum absolute atomic E-state index is 12.8. The molecule has 0 radical (unpaired) electrons. The molecule has 1 N–H and O–H groups in total. The standard InChI is InChI=1S/C22H23N3OS/c1-25(2)20(17-10-5-3-6-11-17)16-24-21(26)19-14-9-15-23-22(19)27-18-12-7-4-8-13-18/h3-15,20H,16H2,1-2H3,(H,24,26). The van der Waals surface area contributed by atoms with Crippen molar-refractivity contribution in [1.82, 2.24) is 15.2 Å². The SMILES string of the molecule is CN(C)C(CNC(=O)c1cccnc1Sc1ccccc1)c1ccccc1. The van der Waals surface area contributed by atoms with Crippen molar-refractivity contribution in [2.75, 3.05) is 20.6 Å². The fraction of sp³-hybridized carbons (Fsp3) is 0.182. The van der Waals surface area contributed by atoms with Crippen molar-refractivity contribution >= 4 is 17.7 Å². The minimum absolute atomic E-state index is 0.107. The summed E-state index contributed by atoms with van der Waals surface area (Å²) >= 11 is 1.50. The lowest BCUT2D eigenvalue weighted by atomic mass is 10.1. The van der Waals surface area contributed by atoms with E-state index in [2.05, 4.69) is 27.3 Å². The van der Waals surface area contributed by atoms with E-state index in [4.69, 9.17) is 0 Å². The van der Waals surface area contributed by atoms with Crippen molar-refractivity contribution in [2.45, 2.75) is 16.0 Å². The van der Waals surface area contributed by atoms with Gasteiger partial charge in [-0.2, -0.15) is 0 Å². The average Bonchev–Trinajstić information content (AvgIpc) is 2.70. The molecule has 0 saturated carbocycles. The Labute approximate surface area is 164 Å². The van der Waals surface area contributed by atoms with E-state index in [1.807, 2.05) is 68.7 Å². The summed E-state index contributed by atoms with van der Waals surface area (Å²) in [5.74, 6) is -0.107. The van der Waals surface area contributed by atoms with Crippen LogP contribution in [0.4, 0.5) is 0 Å². The van der Waals surface area contributed by atoms with E-state index in [1.54, 1.807) is 12.3 Å². The van der Waals surface area contributed by atoms with Crippen LogP contribution in [0.5, 0.6) is 0 Å². The van der Waals surface area contributed by atoms with Crippen molar-refractivity contribution in [3.8, 4) is 0 Å². The molecule has 0 spiro atoms. The van der Waals surface area contributed by atoms with Crippen LogP contribution in [0.25, 0.3) is 0 Å². The van der Waals surface area contributed by atoms with Gasteiger partial charge in [-0.3, -0.25) is 4.79 Å². The highest BCUT2D eigenvalue weighted by molar-refractivity contribution is 7.99. The van der Waals surface area contributed by atoms with Crippen LogP contribution >= 0.6 is 11.8 Å². The predicted octanol–water partition coefficient (Wildman–Crippen LogP) is 4.27. The van der Waals surface area contributed by atoms with E-state index in [1.165, 1.54) is 17.3 Å². The number of benzene rings is 2. The number of nitrogens with one attached hydrogen (secondary N) is 1. The summed E-state index contributed by atoms with van der Waals surface area (Å²) in [6.07, 6.45) is 1.72. The van der Waals surface area contributed by atoms with E-state index in [9.17, 15) is 4.79 Å². The third-order valence-corrected chi connectivity index (χ3v) is 5.26. The van der Waals surface area contributed by atoms with E-state index in [-0.39, 0.29) is 11.9 Å². The van der Waals surface area contributed by atoms with Crippen molar-refractivity contribution in [3.63, 3.8) is 0 Å². The monoisotopic (exact) mass is 377 g/mol. The number of aromatic nitrogens is 1. The van der Waals surface area contributed by atoms with Gasteiger partial charge in [0.15, 0.2) is 0 Å². The molecule has 3 aromatic rings. The first-order valence-corrected chi connectivity index (χ1v) is 9.64. The number of rotatable bonds is 7. The zero-order valence-corrected chi connectivity index (χ0v) is 16.3. The second-order valence-corrected chi connectivity index (χ2v) is 7.43. The molecule has 3 rings (SSSR count). The Morgan fingerprint density at radius 1 is 1.00 bits per heavy atom. The molecule has 138 valence electrons. The van der Waals surface area contributed by atoms with Gasteiger partial charge in [0, 0.05) is 17.6 Å².